The molecule has 2 unspecified atom stereocenters. The smallest absolute Gasteiger partial charge is 0.357 e. The van der Waals surface area contributed by atoms with Crippen LogP contribution < -0.4 is 5.48 Å². The average Bonchev–Trinajstić information content (AvgIpc) is 3.23. The Kier molecular flexibility index (Phi) is 4.33. The van der Waals surface area contributed by atoms with Crippen molar-refractivity contribution in [2.24, 2.45) is 0 Å². The Labute approximate surface area is 114 Å². The van der Waals surface area contributed by atoms with Crippen molar-refractivity contribution in [3.63, 3.8) is 0 Å². The van der Waals surface area contributed by atoms with Crippen molar-refractivity contribution in [2.45, 2.75) is 30.6 Å². The number of carbonyl (C=O) groups is 2. The third kappa shape index (κ3) is 3.32. The Hall–Kier alpha value is -1.96. The third-order valence-electron chi connectivity index (χ3n) is 3.12. The maximum absolute atomic E-state index is 11.3. The van der Waals surface area contributed by atoms with Gasteiger partial charge >= 0.3 is 11.9 Å². The van der Waals surface area contributed by atoms with Crippen LogP contribution in [0.15, 0.2) is 30.3 Å². The summed E-state index contributed by atoms with van der Waals surface area (Å²) in [6.07, 6.45) is -3.54. The van der Waals surface area contributed by atoms with Crippen molar-refractivity contribution in [3.8, 4) is 0 Å². The minimum atomic E-state index is -2.20. The second-order valence-electron chi connectivity index (χ2n) is 4.63. The topological polar surface area (TPSA) is 116 Å². The number of hydrogen-bond donors (Lipinski definition) is 4. The van der Waals surface area contributed by atoms with E-state index in [-0.39, 0.29) is 12.0 Å². The molecule has 0 aromatic heterocycles. The summed E-state index contributed by atoms with van der Waals surface area (Å²) < 4.78 is 0. The van der Waals surface area contributed by atoms with Gasteiger partial charge in [-0.2, -0.15) is 0 Å². The van der Waals surface area contributed by atoms with Gasteiger partial charge < -0.3 is 20.2 Å². The van der Waals surface area contributed by atoms with Gasteiger partial charge in [-0.15, -0.1) is 5.48 Å². The molecule has 1 aromatic rings. The lowest BCUT2D eigenvalue weighted by atomic mass is 10.1. The zero-order valence-corrected chi connectivity index (χ0v) is 10.5. The van der Waals surface area contributed by atoms with Gasteiger partial charge in [0.15, 0.2) is 12.2 Å². The molecule has 0 heterocycles. The molecule has 1 aromatic carbocycles. The van der Waals surface area contributed by atoms with E-state index < -0.39 is 24.1 Å². The highest BCUT2D eigenvalue weighted by molar-refractivity contribution is 5.84. The van der Waals surface area contributed by atoms with Crippen molar-refractivity contribution in [2.75, 3.05) is 0 Å². The molecule has 20 heavy (non-hydrogen) atoms. The highest BCUT2D eigenvalue weighted by Gasteiger charge is 2.40. The largest absolute Gasteiger partial charge is 0.479 e. The van der Waals surface area contributed by atoms with Gasteiger partial charge in [0.05, 0.1) is 6.04 Å². The monoisotopic (exact) mass is 281 g/mol. The van der Waals surface area contributed by atoms with Crippen LogP contribution in [0.4, 0.5) is 0 Å². The Morgan fingerprint density at radius 2 is 1.85 bits per heavy atom. The SMILES string of the molecule is O=C(O)C(O)C(O)C(=O)ON[C@@H]1C[C@H]1c1ccccc1. The van der Waals surface area contributed by atoms with Crippen molar-refractivity contribution >= 4 is 11.9 Å². The number of carboxylic acid groups (broad SMARTS) is 1. The molecule has 1 aliphatic carbocycles. The maximum Gasteiger partial charge on any atom is 0.357 e. The first-order valence-corrected chi connectivity index (χ1v) is 6.11. The number of carbonyl (C=O) groups excluding carboxylic acids is 1. The van der Waals surface area contributed by atoms with Crippen LogP contribution in [0.5, 0.6) is 0 Å². The average molecular weight is 281 g/mol. The number of benzene rings is 1. The van der Waals surface area contributed by atoms with E-state index >= 15 is 0 Å². The van der Waals surface area contributed by atoms with Crippen LogP contribution in [0.25, 0.3) is 0 Å². The van der Waals surface area contributed by atoms with Gasteiger partial charge in [-0.25, -0.2) is 9.59 Å². The third-order valence-corrected chi connectivity index (χ3v) is 3.12. The maximum atomic E-state index is 11.3. The minimum absolute atomic E-state index is 0.0736. The molecule has 2 rings (SSSR count). The molecule has 7 heteroatoms. The van der Waals surface area contributed by atoms with E-state index in [9.17, 15) is 14.7 Å². The van der Waals surface area contributed by atoms with Crippen LogP contribution in [-0.2, 0) is 14.4 Å². The van der Waals surface area contributed by atoms with E-state index in [2.05, 4.69) is 10.3 Å². The molecule has 4 atom stereocenters. The summed E-state index contributed by atoms with van der Waals surface area (Å²) in [6.45, 7) is 0. The van der Waals surface area contributed by atoms with Crippen LogP contribution >= 0.6 is 0 Å². The number of aliphatic hydroxyl groups excluding tert-OH is 2. The highest BCUT2D eigenvalue weighted by atomic mass is 16.7. The Morgan fingerprint density at radius 3 is 2.45 bits per heavy atom. The van der Waals surface area contributed by atoms with Gasteiger partial charge in [0.25, 0.3) is 0 Å². The Balaban J connectivity index is 1.77. The fourth-order valence-corrected chi connectivity index (χ4v) is 1.85. The Bertz CT molecular complexity index is 491. The molecular formula is C13H15NO6. The molecule has 0 spiro atoms. The van der Waals surface area contributed by atoms with E-state index in [1.165, 1.54) is 0 Å². The zero-order valence-electron chi connectivity index (χ0n) is 10.5. The van der Waals surface area contributed by atoms with Gasteiger partial charge in [0.1, 0.15) is 0 Å². The molecule has 108 valence electrons. The normalized spacial score (nSPS) is 23.7. The van der Waals surface area contributed by atoms with Gasteiger partial charge in [0.2, 0.25) is 0 Å². The molecule has 1 saturated carbocycles. The first-order valence-electron chi connectivity index (χ1n) is 6.11. The summed E-state index contributed by atoms with van der Waals surface area (Å²) >= 11 is 0. The molecule has 0 radical (unpaired) electrons. The second-order valence-corrected chi connectivity index (χ2v) is 4.63. The molecular weight excluding hydrogens is 266 g/mol. The molecule has 1 fully saturated rings. The first kappa shape index (κ1) is 14.4. The molecule has 7 nitrogen and oxygen atoms in total. The Morgan fingerprint density at radius 1 is 1.20 bits per heavy atom. The summed E-state index contributed by atoms with van der Waals surface area (Å²) in [4.78, 5) is 26.3. The lowest BCUT2D eigenvalue weighted by Gasteiger charge is -2.13. The van der Waals surface area contributed by atoms with Gasteiger partial charge in [0, 0.05) is 5.92 Å². The fourth-order valence-electron chi connectivity index (χ4n) is 1.85. The van der Waals surface area contributed by atoms with Gasteiger partial charge in [-0.1, -0.05) is 30.3 Å². The van der Waals surface area contributed by atoms with Crippen LogP contribution in [0, 0.1) is 0 Å². The van der Waals surface area contributed by atoms with E-state index in [4.69, 9.17) is 10.2 Å². The molecule has 1 aliphatic rings. The van der Waals surface area contributed by atoms with E-state index in [1.54, 1.807) is 0 Å². The summed E-state index contributed by atoms with van der Waals surface area (Å²) in [5.74, 6) is -2.70. The standard InChI is InChI=1S/C13H15NO6/c15-10(12(17)18)11(16)13(19)20-14-9-6-8(9)7-4-2-1-3-5-7/h1-5,8-11,14-16H,6H2,(H,17,18)/t8-,9+,10?,11?/m0/s1. The van der Waals surface area contributed by atoms with Crippen molar-refractivity contribution in [1.82, 2.24) is 5.48 Å². The molecule has 0 saturated heterocycles. The zero-order chi connectivity index (χ0) is 14.7. The van der Waals surface area contributed by atoms with Gasteiger partial charge in [-0.3, -0.25) is 0 Å². The quantitative estimate of drug-likeness (QED) is 0.514. The summed E-state index contributed by atoms with van der Waals surface area (Å²) in [7, 11) is 0. The lowest BCUT2D eigenvalue weighted by molar-refractivity contribution is -0.175. The molecule has 0 aliphatic heterocycles. The number of hydroxylamine groups is 1. The fraction of sp³-hybridized carbons (Fsp3) is 0.385. The predicted molar refractivity (Wildman–Crippen MR) is 66.5 cm³/mol. The summed E-state index contributed by atoms with van der Waals surface area (Å²) in [6, 6.07) is 9.55. The lowest BCUT2D eigenvalue weighted by Crippen LogP contribution is -2.42. The predicted octanol–water partition coefficient (Wildman–Crippen LogP) is -0.603. The van der Waals surface area contributed by atoms with Crippen molar-refractivity contribution in [3.05, 3.63) is 35.9 Å². The highest BCUT2D eigenvalue weighted by Crippen LogP contribution is 2.40. The van der Waals surface area contributed by atoms with E-state index in [0.29, 0.717) is 0 Å². The number of carboxylic acids is 1. The summed E-state index contributed by atoms with van der Waals surface area (Å²) in [5.41, 5.74) is 3.57. The van der Waals surface area contributed by atoms with E-state index in [1.807, 2.05) is 30.3 Å². The van der Waals surface area contributed by atoms with Crippen molar-refractivity contribution in [1.29, 1.82) is 0 Å². The number of nitrogens with one attached hydrogen (secondary N) is 1. The number of hydrogen-bond acceptors (Lipinski definition) is 6. The van der Waals surface area contributed by atoms with Crippen LogP contribution in [0.1, 0.15) is 17.9 Å². The van der Waals surface area contributed by atoms with Crippen molar-refractivity contribution < 1.29 is 29.7 Å². The van der Waals surface area contributed by atoms with Gasteiger partial charge in [-0.05, 0) is 12.0 Å². The molecule has 0 amide bonds. The van der Waals surface area contributed by atoms with Crippen LogP contribution in [0.2, 0.25) is 0 Å². The summed E-state index contributed by atoms with van der Waals surface area (Å²) in [5, 5.41) is 26.7. The first-order chi connectivity index (χ1) is 9.50. The molecule has 4 N–H and O–H groups in total. The van der Waals surface area contributed by atoms with Crippen LogP contribution in [0.3, 0.4) is 0 Å². The second kappa shape index (κ2) is 6.00. The van der Waals surface area contributed by atoms with Crippen LogP contribution in [-0.4, -0.2) is 45.5 Å². The van der Waals surface area contributed by atoms with E-state index in [0.717, 1.165) is 12.0 Å². The number of aliphatic carboxylic acids is 1. The number of rotatable bonds is 6. The minimum Gasteiger partial charge on any atom is -0.479 e. The molecule has 0 bridgehead atoms. The number of aliphatic hydroxyl groups is 2.